The van der Waals surface area contributed by atoms with Crippen LogP contribution in [0.2, 0.25) is 0 Å². The zero-order valence-electron chi connectivity index (χ0n) is 13.0. The van der Waals surface area contributed by atoms with Crippen molar-refractivity contribution in [1.82, 2.24) is 15.8 Å². The van der Waals surface area contributed by atoms with Gasteiger partial charge in [-0.2, -0.15) is 0 Å². The first-order valence-corrected chi connectivity index (χ1v) is 7.59. The molecule has 3 amide bonds. The number of hydrazine groups is 1. The molecule has 9 heteroatoms. The number of likely N-dealkylation sites (tertiary alicyclic amines) is 1. The summed E-state index contributed by atoms with van der Waals surface area (Å²) in [7, 11) is 0. The van der Waals surface area contributed by atoms with Crippen LogP contribution in [0.5, 0.6) is 0 Å². The van der Waals surface area contributed by atoms with Crippen molar-refractivity contribution in [2.75, 3.05) is 13.1 Å². The summed E-state index contributed by atoms with van der Waals surface area (Å²) in [4.78, 5) is 47.0. The number of hydrogen-bond donors (Lipinski definition) is 2. The normalized spacial score (nSPS) is 14.7. The molecule has 0 saturated carbocycles. The molecule has 2 rings (SSSR count). The molecule has 1 aliphatic rings. The van der Waals surface area contributed by atoms with Crippen LogP contribution < -0.4 is 10.9 Å². The summed E-state index contributed by atoms with van der Waals surface area (Å²) in [5.41, 5.74) is 4.50. The number of nitrogens with zero attached hydrogens (tertiary/aromatic N) is 2. The van der Waals surface area contributed by atoms with Crippen LogP contribution in [-0.4, -0.2) is 40.6 Å². The third kappa shape index (κ3) is 4.77. The minimum Gasteiger partial charge on any atom is -0.333 e. The van der Waals surface area contributed by atoms with Gasteiger partial charge in [0, 0.05) is 30.7 Å². The van der Waals surface area contributed by atoms with E-state index in [4.69, 9.17) is 0 Å². The van der Waals surface area contributed by atoms with Gasteiger partial charge in [0.1, 0.15) is 6.54 Å². The highest BCUT2D eigenvalue weighted by atomic mass is 16.6. The number of amides is 3. The lowest BCUT2D eigenvalue weighted by molar-refractivity contribution is -0.384. The van der Waals surface area contributed by atoms with E-state index in [1.165, 1.54) is 29.2 Å². The number of rotatable bonds is 4. The Labute approximate surface area is 138 Å². The lowest BCUT2D eigenvalue weighted by Crippen LogP contribution is -2.47. The van der Waals surface area contributed by atoms with E-state index in [0.29, 0.717) is 13.0 Å². The third-order valence-corrected chi connectivity index (χ3v) is 3.66. The van der Waals surface area contributed by atoms with Gasteiger partial charge < -0.3 is 4.90 Å². The van der Waals surface area contributed by atoms with Gasteiger partial charge in [-0.15, -0.1) is 0 Å². The van der Waals surface area contributed by atoms with E-state index in [0.717, 1.165) is 19.3 Å². The molecule has 0 radical (unpaired) electrons. The van der Waals surface area contributed by atoms with Crippen LogP contribution in [0.15, 0.2) is 24.3 Å². The van der Waals surface area contributed by atoms with Crippen molar-refractivity contribution in [2.24, 2.45) is 0 Å². The summed E-state index contributed by atoms with van der Waals surface area (Å²) in [6, 6.07) is 4.98. The molecule has 0 bridgehead atoms. The first kappa shape index (κ1) is 17.4. The number of non-ortho nitro benzene ring substituents is 1. The van der Waals surface area contributed by atoms with Crippen molar-refractivity contribution >= 4 is 23.4 Å². The SMILES string of the molecule is O=C(CN1CCCCCC1=O)NNC(=O)c1ccc([N+](=O)[O-])cc1. The zero-order chi connectivity index (χ0) is 17.5. The Morgan fingerprint density at radius 3 is 2.50 bits per heavy atom. The van der Waals surface area contributed by atoms with E-state index >= 15 is 0 Å². The molecule has 1 aliphatic heterocycles. The molecule has 1 heterocycles. The Kier molecular flexibility index (Phi) is 5.83. The average molecular weight is 334 g/mol. The van der Waals surface area contributed by atoms with Gasteiger partial charge in [-0.25, -0.2) is 0 Å². The summed E-state index contributed by atoms with van der Waals surface area (Å²) < 4.78 is 0. The number of carbonyl (C=O) groups excluding carboxylic acids is 3. The molecular weight excluding hydrogens is 316 g/mol. The molecule has 0 atom stereocenters. The second kappa shape index (κ2) is 8.04. The van der Waals surface area contributed by atoms with Gasteiger partial charge in [0.05, 0.1) is 4.92 Å². The third-order valence-electron chi connectivity index (χ3n) is 3.66. The van der Waals surface area contributed by atoms with Crippen molar-refractivity contribution in [3.05, 3.63) is 39.9 Å². The number of carbonyl (C=O) groups is 3. The van der Waals surface area contributed by atoms with E-state index in [9.17, 15) is 24.5 Å². The van der Waals surface area contributed by atoms with Crippen molar-refractivity contribution < 1.29 is 19.3 Å². The monoisotopic (exact) mass is 334 g/mol. The summed E-state index contributed by atoms with van der Waals surface area (Å²) in [6.07, 6.45) is 3.07. The van der Waals surface area contributed by atoms with Crippen molar-refractivity contribution in [3.63, 3.8) is 0 Å². The van der Waals surface area contributed by atoms with E-state index in [1.54, 1.807) is 0 Å². The van der Waals surface area contributed by atoms with Gasteiger partial charge in [-0.3, -0.25) is 35.3 Å². The summed E-state index contributed by atoms with van der Waals surface area (Å²) in [5, 5.41) is 10.6. The predicted octanol–water partition coefficient (Wildman–Crippen LogP) is 0.758. The molecule has 128 valence electrons. The first-order chi connectivity index (χ1) is 11.5. The standard InChI is InChI=1S/C15H18N4O5/c20-13(10-18-9-3-1-2-4-14(18)21)16-17-15(22)11-5-7-12(8-6-11)19(23)24/h5-8H,1-4,9-10H2,(H,16,20)(H,17,22). The largest absolute Gasteiger partial charge is 0.333 e. The van der Waals surface area contributed by atoms with Gasteiger partial charge in [0.2, 0.25) is 5.91 Å². The van der Waals surface area contributed by atoms with Gasteiger partial charge in [0.25, 0.3) is 17.5 Å². The summed E-state index contributed by atoms with van der Waals surface area (Å²) in [6.45, 7) is 0.419. The van der Waals surface area contributed by atoms with Crippen LogP contribution in [0.1, 0.15) is 36.0 Å². The molecule has 24 heavy (non-hydrogen) atoms. The lowest BCUT2D eigenvalue weighted by atomic mass is 10.2. The maximum absolute atomic E-state index is 11.9. The quantitative estimate of drug-likeness (QED) is 0.622. The molecule has 2 N–H and O–H groups in total. The van der Waals surface area contributed by atoms with Gasteiger partial charge in [-0.05, 0) is 25.0 Å². The highest BCUT2D eigenvalue weighted by Crippen LogP contribution is 2.12. The van der Waals surface area contributed by atoms with Crippen LogP contribution in [-0.2, 0) is 9.59 Å². The van der Waals surface area contributed by atoms with Crippen molar-refractivity contribution in [2.45, 2.75) is 25.7 Å². The Bertz CT molecular complexity index is 644. The van der Waals surface area contributed by atoms with Crippen LogP contribution in [0.4, 0.5) is 5.69 Å². The topological polar surface area (TPSA) is 122 Å². The molecular formula is C15H18N4O5. The minimum absolute atomic E-state index is 0.0654. The van der Waals surface area contributed by atoms with E-state index in [1.807, 2.05) is 0 Å². The molecule has 9 nitrogen and oxygen atoms in total. The Morgan fingerprint density at radius 1 is 1.12 bits per heavy atom. The number of benzene rings is 1. The summed E-state index contributed by atoms with van der Waals surface area (Å²) in [5.74, 6) is -1.16. The Hall–Kier alpha value is -2.97. The van der Waals surface area contributed by atoms with Crippen LogP contribution in [0, 0.1) is 10.1 Å². The molecule has 1 fully saturated rings. The van der Waals surface area contributed by atoms with Gasteiger partial charge in [0.15, 0.2) is 0 Å². The molecule has 0 spiro atoms. The number of nitro benzene ring substituents is 1. The molecule has 0 unspecified atom stereocenters. The smallest absolute Gasteiger partial charge is 0.269 e. The number of nitro groups is 1. The molecule has 1 aromatic rings. The molecule has 1 aromatic carbocycles. The zero-order valence-corrected chi connectivity index (χ0v) is 13.0. The lowest BCUT2D eigenvalue weighted by Gasteiger charge is -2.19. The highest BCUT2D eigenvalue weighted by Gasteiger charge is 2.19. The van der Waals surface area contributed by atoms with E-state index in [2.05, 4.69) is 10.9 Å². The number of nitrogens with one attached hydrogen (secondary N) is 2. The summed E-state index contributed by atoms with van der Waals surface area (Å²) >= 11 is 0. The fraction of sp³-hybridized carbons (Fsp3) is 0.400. The molecule has 0 aliphatic carbocycles. The molecule has 1 saturated heterocycles. The van der Waals surface area contributed by atoms with Crippen molar-refractivity contribution in [3.8, 4) is 0 Å². The first-order valence-electron chi connectivity index (χ1n) is 7.59. The Balaban J connectivity index is 1.83. The van der Waals surface area contributed by atoms with Crippen molar-refractivity contribution in [1.29, 1.82) is 0 Å². The maximum Gasteiger partial charge on any atom is 0.269 e. The molecule has 0 aromatic heterocycles. The second-order valence-electron chi connectivity index (χ2n) is 5.43. The van der Waals surface area contributed by atoms with Crippen LogP contribution in [0.3, 0.4) is 0 Å². The second-order valence-corrected chi connectivity index (χ2v) is 5.43. The Morgan fingerprint density at radius 2 is 1.83 bits per heavy atom. The van der Waals surface area contributed by atoms with Crippen LogP contribution in [0.25, 0.3) is 0 Å². The maximum atomic E-state index is 11.9. The number of hydrogen-bond acceptors (Lipinski definition) is 5. The fourth-order valence-electron chi connectivity index (χ4n) is 2.35. The van der Waals surface area contributed by atoms with Crippen LogP contribution >= 0.6 is 0 Å². The predicted molar refractivity (Wildman–Crippen MR) is 83.8 cm³/mol. The highest BCUT2D eigenvalue weighted by molar-refractivity contribution is 5.96. The van der Waals surface area contributed by atoms with Gasteiger partial charge in [-0.1, -0.05) is 6.42 Å². The average Bonchev–Trinajstić information content (AvgIpc) is 2.77. The van der Waals surface area contributed by atoms with Gasteiger partial charge >= 0.3 is 0 Å². The fourth-order valence-corrected chi connectivity index (χ4v) is 2.35. The van der Waals surface area contributed by atoms with E-state index < -0.39 is 16.7 Å². The van der Waals surface area contributed by atoms with E-state index in [-0.39, 0.29) is 23.7 Å². The minimum atomic E-state index is -0.597.